The van der Waals surface area contributed by atoms with E-state index >= 15 is 0 Å². The second kappa shape index (κ2) is 7.09. The number of hydrogen-bond acceptors (Lipinski definition) is 3. The van der Waals surface area contributed by atoms with Crippen LogP contribution in [0.2, 0.25) is 5.02 Å². The van der Waals surface area contributed by atoms with Gasteiger partial charge in [-0.2, -0.15) is 0 Å². The Hall–Kier alpha value is -2.37. The predicted molar refractivity (Wildman–Crippen MR) is 104 cm³/mol. The largest absolute Gasteiger partial charge is 0.344 e. The van der Waals surface area contributed by atoms with Gasteiger partial charge in [0.25, 0.3) is 0 Å². The molecule has 0 bridgehead atoms. The minimum absolute atomic E-state index is 0.0423. The summed E-state index contributed by atoms with van der Waals surface area (Å²) in [7, 11) is 2.15. The molecule has 134 valence electrons. The molecule has 6 heteroatoms. The number of aromatic nitrogens is 2. The zero-order valence-electron chi connectivity index (χ0n) is 14.7. The number of aryl methyl sites for hydroxylation is 1. The van der Waals surface area contributed by atoms with E-state index in [1.165, 1.54) is 28.4 Å². The van der Waals surface area contributed by atoms with Crippen molar-refractivity contribution in [1.29, 1.82) is 0 Å². The van der Waals surface area contributed by atoms with Gasteiger partial charge < -0.3 is 14.8 Å². The van der Waals surface area contributed by atoms with Crippen molar-refractivity contribution in [3.63, 3.8) is 0 Å². The number of anilines is 1. The lowest BCUT2D eigenvalue weighted by atomic mass is 10.1. The maximum Gasteiger partial charge on any atom is 0.227 e. The minimum atomic E-state index is -0.0423. The molecule has 3 heterocycles. The number of halogens is 1. The second-order valence-corrected chi connectivity index (χ2v) is 7.18. The van der Waals surface area contributed by atoms with Gasteiger partial charge in [0.2, 0.25) is 5.91 Å². The average molecular weight is 369 g/mol. The molecule has 0 radical (unpaired) electrons. The van der Waals surface area contributed by atoms with E-state index in [9.17, 15) is 4.79 Å². The van der Waals surface area contributed by atoms with Crippen molar-refractivity contribution < 1.29 is 4.79 Å². The van der Waals surface area contributed by atoms with E-state index in [0.717, 1.165) is 19.5 Å². The Labute approximate surface area is 157 Å². The molecule has 3 aromatic rings. The Morgan fingerprint density at radius 2 is 2.12 bits per heavy atom. The van der Waals surface area contributed by atoms with Crippen molar-refractivity contribution in [2.75, 3.05) is 18.9 Å². The lowest BCUT2D eigenvalue weighted by Crippen LogP contribution is -2.27. The number of fused-ring (bicyclic) bond motifs is 3. The smallest absolute Gasteiger partial charge is 0.227 e. The number of nitrogens with zero attached hydrogens (tertiary/aromatic N) is 3. The van der Waals surface area contributed by atoms with Gasteiger partial charge >= 0.3 is 0 Å². The van der Waals surface area contributed by atoms with E-state index in [4.69, 9.17) is 11.6 Å². The van der Waals surface area contributed by atoms with E-state index < -0.39 is 0 Å². The van der Waals surface area contributed by atoms with Crippen LogP contribution >= 0.6 is 11.6 Å². The average Bonchev–Trinajstić information content (AvgIpc) is 2.95. The number of nitrogens with one attached hydrogen (secondary N) is 1. The molecule has 5 nitrogen and oxygen atoms in total. The van der Waals surface area contributed by atoms with Crippen LogP contribution in [0.25, 0.3) is 10.9 Å². The van der Waals surface area contributed by atoms with Crippen LogP contribution in [0.5, 0.6) is 0 Å². The molecule has 0 saturated carbocycles. The van der Waals surface area contributed by atoms with Crippen LogP contribution in [0.4, 0.5) is 5.82 Å². The van der Waals surface area contributed by atoms with Crippen LogP contribution in [0.15, 0.2) is 42.6 Å². The zero-order valence-corrected chi connectivity index (χ0v) is 15.5. The molecule has 0 atom stereocenters. The molecule has 1 aliphatic rings. The van der Waals surface area contributed by atoms with Crippen LogP contribution in [0.3, 0.4) is 0 Å². The maximum absolute atomic E-state index is 12.3. The van der Waals surface area contributed by atoms with Crippen LogP contribution in [-0.2, 0) is 24.3 Å². The number of benzene rings is 1. The van der Waals surface area contributed by atoms with E-state index in [1.807, 2.05) is 0 Å². The van der Waals surface area contributed by atoms with Gasteiger partial charge in [-0.25, -0.2) is 4.98 Å². The van der Waals surface area contributed by atoms with Gasteiger partial charge in [-0.1, -0.05) is 29.8 Å². The first-order valence-corrected chi connectivity index (χ1v) is 9.18. The summed E-state index contributed by atoms with van der Waals surface area (Å²) in [6.45, 7) is 2.67. The highest BCUT2D eigenvalue weighted by Crippen LogP contribution is 2.30. The third-order valence-corrected chi connectivity index (χ3v) is 5.13. The molecule has 0 unspecified atom stereocenters. The number of likely N-dealkylation sites (N-methyl/N-ethyl adjacent to an activating group) is 1. The van der Waals surface area contributed by atoms with Gasteiger partial charge in [-0.3, -0.25) is 4.79 Å². The molecule has 26 heavy (non-hydrogen) atoms. The summed E-state index contributed by atoms with van der Waals surface area (Å²) in [6, 6.07) is 11.9. The summed E-state index contributed by atoms with van der Waals surface area (Å²) in [5.41, 5.74) is 3.97. The van der Waals surface area contributed by atoms with Gasteiger partial charge in [0.15, 0.2) is 0 Å². The van der Waals surface area contributed by atoms with Crippen molar-refractivity contribution in [3.8, 4) is 0 Å². The van der Waals surface area contributed by atoms with Crippen LogP contribution in [0, 0.1) is 0 Å². The van der Waals surface area contributed by atoms with E-state index in [1.54, 1.807) is 12.1 Å². The molecule has 2 aromatic heterocycles. The molecule has 1 N–H and O–H groups in total. The maximum atomic E-state index is 12.3. The third-order valence-electron chi connectivity index (χ3n) is 4.91. The molecule has 4 rings (SSSR count). The standard InChI is InChI=1S/C20H21ClN4O/c1-24-10-8-18-16(13-24)15-4-2-3-5-17(15)25(18)11-9-20(26)23-19-7-6-14(21)12-22-19/h2-7,12H,8-11,13H2,1H3,(H,22,23,26). The Morgan fingerprint density at radius 1 is 1.27 bits per heavy atom. The number of para-hydroxylation sites is 1. The predicted octanol–water partition coefficient (Wildman–Crippen LogP) is 3.71. The van der Waals surface area contributed by atoms with Gasteiger partial charge in [-0.15, -0.1) is 0 Å². The number of carbonyl (C=O) groups is 1. The zero-order chi connectivity index (χ0) is 18.1. The first kappa shape index (κ1) is 17.1. The van der Waals surface area contributed by atoms with E-state index in [0.29, 0.717) is 23.8 Å². The molecule has 0 aliphatic carbocycles. The first-order chi connectivity index (χ1) is 12.6. The number of pyridine rings is 1. The van der Waals surface area contributed by atoms with Crippen molar-refractivity contribution in [3.05, 3.63) is 58.9 Å². The quantitative estimate of drug-likeness (QED) is 0.763. The minimum Gasteiger partial charge on any atom is -0.344 e. The van der Waals surface area contributed by atoms with E-state index in [-0.39, 0.29) is 5.91 Å². The molecule has 1 aliphatic heterocycles. The van der Waals surface area contributed by atoms with Crippen molar-refractivity contribution >= 4 is 34.2 Å². The third kappa shape index (κ3) is 3.32. The Morgan fingerprint density at radius 3 is 2.92 bits per heavy atom. The SMILES string of the molecule is CN1CCc2c(c3ccccc3n2CCC(=O)Nc2ccc(Cl)cn2)C1. The summed E-state index contributed by atoms with van der Waals surface area (Å²) in [5, 5.41) is 4.69. The molecular formula is C20H21ClN4O. The number of carbonyl (C=O) groups excluding carboxylic acids is 1. The van der Waals surface area contributed by atoms with Crippen molar-refractivity contribution in [1.82, 2.24) is 14.5 Å². The van der Waals surface area contributed by atoms with Crippen LogP contribution in [-0.4, -0.2) is 34.0 Å². The van der Waals surface area contributed by atoms with Crippen LogP contribution < -0.4 is 5.32 Å². The highest BCUT2D eigenvalue weighted by atomic mass is 35.5. The van der Waals surface area contributed by atoms with Gasteiger partial charge in [0.1, 0.15) is 5.82 Å². The number of rotatable bonds is 4. The lowest BCUT2D eigenvalue weighted by molar-refractivity contribution is -0.116. The highest BCUT2D eigenvalue weighted by Gasteiger charge is 2.22. The Balaban J connectivity index is 1.54. The molecular weight excluding hydrogens is 348 g/mol. The fourth-order valence-electron chi connectivity index (χ4n) is 3.66. The molecule has 1 aromatic carbocycles. The van der Waals surface area contributed by atoms with Crippen molar-refractivity contribution in [2.24, 2.45) is 0 Å². The summed E-state index contributed by atoms with van der Waals surface area (Å²) in [4.78, 5) is 18.8. The molecule has 1 amide bonds. The van der Waals surface area contributed by atoms with Gasteiger partial charge in [-0.05, 0) is 30.8 Å². The number of hydrogen-bond donors (Lipinski definition) is 1. The van der Waals surface area contributed by atoms with Crippen molar-refractivity contribution in [2.45, 2.75) is 25.9 Å². The Kier molecular flexibility index (Phi) is 4.66. The summed E-state index contributed by atoms with van der Waals surface area (Å²) < 4.78 is 2.31. The monoisotopic (exact) mass is 368 g/mol. The topological polar surface area (TPSA) is 50.2 Å². The number of amides is 1. The molecule has 0 spiro atoms. The normalized spacial score (nSPS) is 14.4. The van der Waals surface area contributed by atoms with Crippen LogP contribution in [0.1, 0.15) is 17.7 Å². The fraction of sp³-hybridized carbons (Fsp3) is 0.300. The lowest BCUT2D eigenvalue weighted by Gasteiger charge is -2.24. The first-order valence-electron chi connectivity index (χ1n) is 8.81. The van der Waals surface area contributed by atoms with Gasteiger partial charge in [0.05, 0.1) is 5.02 Å². The van der Waals surface area contributed by atoms with Gasteiger partial charge in [0, 0.05) is 55.3 Å². The Bertz CT molecular complexity index is 948. The highest BCUT2D eigenvalue weighted by molar-refractivity contribution is 6.30. The fourth-order valence-corrected chi connectivity index (χ4v) is 3.77. The van der Waals surface area contributed by atoms with E-state index in [2.05, 4.69) is 51.1 Å². The molecule has 0 saturated heterocycles. The summed E-state index contributed by atoms with van der Waals surface area (Å²) in [6.07, 6.45) is 2.95. The second-order valence-electron chi connectivity index (χ2n) is 6.74. The molecule has 0 fully saturated rings. The summed E-state index contributed by atoms with van der Waals surface area (Å²) in [5.74, 6) is 0.486. The summed E-state index contributed by atoms with van der Waals surface area (Å²) >= 11 is 5.83.